The second kappa shape index (κ2) is 9.94. The first-order chi connectivity index (χ1) is 14.6. The molecule has 0 atom stereocenters. The fourth-order valence-corrected chi connectivity index (χ4v) is 2.88. The molecule has 0 radical (unpaired) electrons. The molecule has 3 aromatic rings. The van der Waals surface area contributed by atoms with Gasteiger partial charge in [0, 0.05) is 23.5 Å². The number of nitrogens with one attached hydrogen (secondary N) is 1. The molecule has 2 aromatic carbocycles. The first-order valence-electron chi connectivity index (χ1n) is 9.49. The Hall–Kier alpha value is -4.05. The molecule has 30 heavy (non-hydrogen) atoms. The van der Waals surface area contributed by atoms with Crippen LogP contribution in [0.15, 0.2) is 71.3 Å². The van der Waals surface area contributed by atoms with Crippen molar-refractivity contribution in [3.05, 3.63) is 78.3 Å². The van der Waals surface area contributed by atoms with E-state index in [0.29, 0.717) is 29.3 Å². The number of nitriles is 1. The predicted octanol–water partition coefficient (Wildman–Crippen LogP) is 4.49. The van der Waals surface area contributed by atoms with Gasteiger partial charge in [-0.15, -0.1) is 0 Å². The summed E-state index contributed by atoms with van der Waals surface area (Å²) in [6.45, 7) is 2.69. The summed E-state index contributed by atoms with van der Waals surface area (Å²) in [5.41, 5.74) is 1.51. The number of carbonyl (C=O) groups excluding carboxylic acids is 2. The van der Waals surface area contributed by atoms with Gasteiger partial charge < -0.3 is 19.4 Å². The number of anilines is 2. The average molecular weight is 403 g/mol. The summed E-state index contributed by atoms with van der Waals surface area (Å²) in [6.07, 6.45) is 1.60. The normalized spacial score (nSPS) is 10.1. The van der Waals surface area contributed by atoms with E-state index in [2.05, 4.69) is 11.4 Å². The van der Waals surface area contributed by atoms with E-state index in [4.69, 9.17) is 14.4 Å². The number of furan rings is 1. The third kappa shape index (κ3) is 5.06. The first kappa shape index (κ1) is 20.7. The molecule has 3 rings (SSSR count). The minimum atomic E-state index is -0.405. The summed E-state index contributed by atoms with van der Waals surface area (Å²) in [5, 5.41) is 11.7. The molecule has 0 aliphatic carbocycles. The third-order valence-corrected chi connectivity index (χ3v) is 4.26. The molecule has 1 heterocycles. The molecule has 7 heteroatoms. The van der Waals surface area contributed by atoms with Crippen molar-refractivity contribution >= 4 is 23.2 Å². The summed E-state index contributed by atoms with van der Waals surface area (Å²) < 4.78 is 10.5. The molecule has 1 aromatic heterocycles. The van der Waals surface area contributed by atoms with Crippen LogP contribution in [0.2, 0.25) is 0 Å². The smallest absolute Gasteiger partial charge is 0.291 e. The van der Waals surface area contributed by atoms with Crippen molar-refractivity contribution in [1.29, 1.82) is 5.26 Å². The molecule has 0 saturated heterocycles. The van der Waals surface area contributed by atoms with Crippen LogP contribution in [0.25, 0.3) is 0 Å². The van der Waals surface area contributed by atoms with Gasteiger partial charge in [-0.25, -0.2) is 0 Å². The molecule has 152 valence electrons. The average Bonchev–Trinajstić information content (AvgIpc) is 3.30. The lowest BCUT2D eigenvalue weighted by molar-refractivity contribution is 0.0981. The third-order valence-electron chi connectivity index (χ3n) is 4.26. The second-order valence-electron chi connectivity index (χ2n) is 6.30. The Balaban J connectivity index is 1.81. The molecule has 7 nitrogen and oxygen atoms in total. The molecular formula is C23H21N3O4. The lowest BCUT2D eigenvalue weighted by Crippen LogP contribution is -2.31. The molecule has 0 aliphatic heterocycles. The largest absolute Gasteiger partial charge is 0.494 e. The van der Waals surface area contributed by atoms with Gasteiger partial charge in [-0.1, -0.05) is 6.07 Å². The lowest BCUT2D eigenvalue weighted by Gasteiger charge is -2.22. The molecule has 0 unspecified atom stereocenters. The Bertz CT molecular complexity index is 1040. The van der Waals surface area contributed by atoms with Crippen molar-refractivity contribution in [2.45, 2.75) is 13.3 Å². The second-order valence-corrected chi connectivity index (χ2v) is 6.30. The van der Waals surface area contributed by atoms with Crippen LogP contribution in [0.1, 0.15) is 34.3 Å². The van der Waals surface area contributed by atoms with Crippen molar-refractivity contribution in [1.82, 2.24) is 0 Å². The van der Waals surface area contributed by atoms with E-state index in [1.54, 1.807) is 60.7 Å². The molecule has 2 amide bonds. The number of hydrogen-bond donors (Lipinski definition) is 1. The quantitative estimate of drug-likeness (QED) is 0.598. The van der Waals surface area contributed by atoms with Crippen molar-refractivity contribution < 1.29 is 18.7 Å². The monoisotopic (exact) mass is 403 g/mol. The van der Waals surface area contributed by atoms with E-state index in [1.165, 1.54) is 11.2 Å². The maximum absolute atomic E-state index is 13.2. The Kier molecular flexibility index (Phi) is 6.85. The number of hydrogen-bond acceptors (Lipinski definition) is 5. The summed E-state index contributed by atoms with van der Waals surface area (Å²) in [5.74, 6) is 0.203. The number of nitrogens with zero attached hydrogens (tertiary/aromatic N) is 2. The maximum Gasteiger partial charge on any atom is 0.291 e. The van der Waals surface area contributed by atoms with Crippen LogP contribution in [0.3, 0.4) is 0 Å². The highest BCUT2D eigenvalue weighted by molar-refractivity contribution is 6.08. The Morgan fingerprint density at radius 1 is 1.13 bits per heavy atom. The van der Waals surface area contributed by atoms with Gasteiger partial charge >= 0.3 is 0 Å². The van der Waals surface area contributed by atoms with E-state index in [9.17, 15) is 9.59 Å². The maximum atomic E-state index is 13.2. The Labute approximate surface area is 174 Å². The fraction of sp³-hybridized carbons (Fsp3) is 0.174. The number of amides is 2. The lowest BCUT2D eigenvalue weighted by atomic mass is 10.1. The Morgan fingerprint density at radius 2 is 1.93 bits per heavy atom. The topological polar surface area (TPSA) is 95.6 Å². The summed E-state index contributed by atoms with van der Waals surface area (Å²) in [7, 11) is 0. The van der Waals surface area contributed by atoms with Gasteiger partial charge in [-0.05, 0) is 61.5 Å². The molecule has 0 spiro atoms. The standard InChI is InChI=1S/C23H21N3O4/c1-2-29-20-11-9-19(10-12-20)26(14-5-13-24)23(28)17-6-3-7-18(16-17)25-22(27)21-8-4-15-30-21/h3-4,6-12,15-16H,2,5,14H2,1H3,(H,25,27). The van der Waals surface area contributed by atoms with Gasteiger partial charge in [0.25, 0.3) is 11.8 Å². The van der Waals surface area contributed by atoms with Gasteiger partial charge in [0.15, 0.2) is 5.76 Å². The number of ether oxygens (including phenoxy) is 1. The van der Waals surface area contributed by atoms with Crippen LogP contribution in [0.4, 0.5) is 11.4 Å². The van der Waals surface area contributed by atoms with Crippen LogP contribution in [0.5, 0.6) is 5.75 Å². The van der Waals surface area contributed by atoms with Gasteiger partial charge in [0.1, 0.15) is 5.75 Å². The van der Waals surface area contributed by atoms with E-state index >= 15 is 0 Å². The minimum absolute atomic E-state index is 0.178. The molecule has 0 saturated carbocycles. The fourth-order valence-electron chi connectivity index (χ4n) is 2.88. The predicted molar refractivity (Wildman–Crippen MR) is 113 cm³/mol. The van der Waals surface area contributed by atoms with Crippen molar-refractivity contribution in [3.8, 4) is 11.8 Å². The van der Waals surface area contributed by atoms with Crippen LogP contribution < -0.4 is 15.0 Å². The zero-order valence-corrected chi connectivity index (χ0v) is 16.5. The highest BCUT2D eigenvalue weighted by atomic mass is 16.5. The molecule has 0 fully saturated rings. The van der Waals surface area contributed by atoms with E-state index in [-0.39, 0.29) is 24.6 Å². The highest BCUT2D eigenvalue weighted by Gasteiger charge is 2.19. The van der Waals surface area contributed by atoms with Crippen LogP contribution >= 0.6 is 0 Å². The summed E-state index contributed by atoms with van der Waals surface area (Å²) in [6, 6.07) is 19.0. The molecule has 0 bridgehead atoms. The molecule has 0 aliphatic rings. The van der Waals surface area contributed by atoms with Gasteiger partial charge in [0.05, 0.1) is 25.4 Å². The molecular weight excluding hydrogens is 382 g/mol. The van der Waals surface area contributed by atoms with Crippen molar-refractivity contribution in [3.63, 3.8) is 0 Å². The molecule has 1 N–H and O–H groups in total. The zero-order chi connectivity index (χ0) is 21.3. The van der Waals surface area contributed by atoms with Crippen molar-refractivity contribution in [2.24, 2.45) is 0 Å². The number of benzene rings is 2. The van der Waals surface area contributed by atoms with Crippen LogP contribution in [-0.2, 0) is 0 Å². The number of rotatable bonds is 8. The van der Waals surface area contributed by atoms with Crippen LogP contribution in [-0.4, -0.2) is 25.0 Å². The van der Waals surface area contributed by atoms with Gasteiger partial charge in [0.2, 0.25) is 0 Å². The van der Waals surface area contributed by atoms with Crippen LogP contribution in [0, 0.1) is 11.3 Å². The van der Waals surface area contributed by atoms with Crippen molar-refractivity contribution in [2.75, 3.05) is 23.4 Å². The minimum Gasteiger partial charge on any atom is -0.494 e. The SMILES string of the molecule is CCOc1ccc(N(CCC#N)C(=O)c2cccc(NC(=O)c3ccco3)c2)cc1. The number of carbonyl (C=O) groups is 2. The first-order valence-corrected chi connectivity index (χ1v) is 9.49. The summed E-state index contributed by atoms with van der Waals surface area (Å²) >= 11 is 0. The Morgan fingerprint density at radius 3 is 2.60 bits per heavy atom. The van der Waals surface area contributed by atoms with Gasteiger partial charge in [-0.3, -0.25) is 9.59 Å². The highest BCUT2D eigenvalue weighted by Crippen LogP contribution is 2.23. The van der Waals surface area contributed by atoms with Gasteiger partial charge in [-0.2, -0.15) is 5.26 Å². The van der Waals surface area contributed by atoms with E-state index in [1.807, 2.05) is 6.92 Å². The summed E-state index contributed by atoms with van der Waals surface area (Å²) in [4.78, 5) is 26.9. The van der Waals surface area contributed by atoms with E-state index < -0.39 is 5.91 Å². The van der Waals surface area contributed by atoms with E-state index in [0.717, 1.165) is 0 Å². The zero-order valence-electron chi connectivity index (χ0n) is 16.5.